The van der Waals surface area contributed by atoms with Gasteiger partial charge in [0.25, 0.3) is 0 Å². The Hall–Kier alpha value is -7.42. The molecule has 0 radical (unpaired) electrons. The Morgan fingerprint density at radius 1 is 0.514 bits per heavy atom. The average Bonchev–Trinajstić information content (AvgIpc) is 3.69. The van der Waals surface area contributed by atoms with E-state index in [1.54, 1.807) is 0 Å². The molecule has 3 unspecified atom stereocenters. The Balaban J connectivity index is 0.863. The number of para-hydroxylation sites is 2. The number of anilines is 3. The summed E-state index contributed by atoms with van der Waals surface area (Å²) in [6.45, 7) is 12.1. The molecule has 9 aromatic carbocycles. The third kappa shape index (κ3) is 8.44. The Bertz CT molecular complexity index is 3200. The highest BCUT2D eigenvalue weighted by Gasteiger charge is 2.46. The highest BCUT2D eigenvalue weighted by molar-refractivity contribution is 5.89. The van der Waals surface area contributed by atoms with Crippen LogP contribution in [0.15, 0.2) is 218 Å². The van der Waals surface area contributed by atoms with E-state index in [1.165, 1.54) is 90.7 Å². The first-order chi connectivity index (χ1) is 34.2. The number of aryl methyl sites for hydroxylation is 2. The first kappa shape index (κ1) is 45.0. The minimum Gasteiger partial charge on any atom is -0.489 e. The fourth-order valence-electron chi connectivity index (χ4n) is 11.4. The second kappa shape index (κ2) is 18.8. The lowest BCUT2D eigenvalue weighted by Gasteiger charge is -2.35. The number of hydrogen-bond donors (Lipinski definition) is 0. The summed E-state index contributed by atoms with van der Waals surface area (Å²) in [6, 6.07) is 81.3. The maximum absolute atomic E-state index is 6.58. The van der Waals surface area contributed by atoms with Crippen LogP contribution in [0.2, 0.25) is 0 Å². The van der Waals surface area contributed by atoms with E-state index in [0.717, 1.165) is 35.7 Å². The highest BCUT2D eigenvalue weighted by atomic mass is 16.5. The van der Waals surface area contributed by atoms with Gasteiger partial charge in [0.15, 0.2) is 0 Å². The largest absolute Gasteiger partial charge is 0.489 e. The van der Waals surface area contributed by atoms with Crippen molar-refractivity contribution in [3.05, 3.63) is 274 Å². The normalized spacial score (nSPS) is 15.5. The Labute approximate surface area is 416 Å². The van der Waals surface area contributed by atoms with Gasteiger partial charge in [-0.25, -0.2) is 0 Å². The summed E-state index contributed by atoms with van der Waals surface area (Å²) in [5.74, 6) is 1.82. The fraction of sp³-hybridized carbons (Fsp3) is 0.206. The molecule has 70 heavy (non-hydrogen) atoms. The summed E-state index contributed by atoms with van der Waals surface area (Å²) in [7, 11) is 0. The van der Waals surface area contributed by atoms with Crippen molar-refractivity contribution in [2.45, 2.75) is 89.6 Å². The second-order valence-corrected chi connectivity index (χ2v) is 20.8. The topological polar surface area (TPSA) is 12.5 Å². The second-order valence-electron chi connectivity index (χ2n) is 20.8. The molecule has 9 aromatic rings. The predicted molar refractivity (Wildman–Crippen MR) is 293 cm³/mol. The first-order valence-corrected chi connectivity index (χ1v) is 25.5. The number of ether oxygens (including phenoxy) is 1. The number of fused-ring (bicyclic) bond motifs is 4. The monoisotopic (exact) mass is 909 g/mol. The maximum atomic E-state index is 6.58. The van der Waals surface area contributed by atoms with Crippen LogP contribution in [-0.2, 0) is 30.3 Å². The minimum atomic E-state index is -0.578. The third-order valence-corrected chi connectivity index (χ3v) is 15.5. The molecule has 0 amide bonds. The van der Waals surface area contributed by atoms with Crippen LogP contribution < -0.4 is 9.64 Å². The number of nitrogens with zero attached hydrogens (tertiary/aromatic N) is 1. The molecule has 0 saturated heterocycles. The van der Waals surface area contributed by atoms with E-state index in [-0.39, 0.29) is 5.41 Å². The van der Waals surface area contributed by atoms with Gasteiger partial charge in [-0.3, -0.25) is 0 Å². The standard InChI is InChI=1S/C68H63NO/c1-6-49(51-25-27-52(28-26-51)54-31-29-53-30-32-55(53)44-54)43-47(2)50-23-21-48(22-24-50)46-70-62-40-37-58(38-41-62)68(57-35-33-56(34-36-57)67(3,4)5)65-20-14-13-19-63(65)64-42-39-61(45-66(64)68)69(59-15-9-7-10-16-59)60-17-11-8-12-18-60/h7-29,31,33-42,44-45,47,49H,6,30,32,43,46H2,1-5H3. The number of rotatable bonds is 14. The smallest absolute Gasteiger partial charge is 0.119 e. The van der Waals surface area contributed by atoms with Crippen LogP contribution in [0.25, 0.3) is 22.3 Å². The third-order valence-electron chi connectivity index (χ3n) is 15.5. The molecule has 2 aliphatic carbocycles. The molecule has 2 aliphatic rings. The summed E-state index contributed by atoms with van der Waals surface area (Å²) in [6.07, 6.45) is 4.69. The SMILES string of the molecule is CCC(CC(C)c1ccc(COc2ccc(C3(c4ccc(C(C)(C)C)cc4)c4ccccc4-c4ccc(N(c5ccccc5)c5ccccc5)cc43)cc2)cc1)c1ccc(-c2ccc3c(c2)CC3)cc1. The first-order valence-electron chi connectivity index (χ1n) is 25.5. The molecule has 0 bridgehead atoms. The molecule has 0 N–H and O–H groups in total. The molecule has 2 nitrogen and oxygen atoms in total. The summed E-state index contributed by atoms with van der Waals surface area (Å²) in [5.41, 5.74) is 21.3. The lowest BCUT2D eigenvalue weighted by Crippen LogP contribution is -2.29. The van der Waals surface area contributed by atoms with Gasteiger partial charge < -0.3 is 9.64 Å². The molecular formula is C68H63NO. The van der Waals surface area contributed by atoms with E-state index in [9.17, 15) is 0 Å². The molecule has 346 valence electrons. The van der Waals surface area contributed by atoms with Gasteiger partial charge in [0, 0.05) is 17.1 Å². The van der Waals surface area contributed by atoms with Gasteiger partial charge in [0.05, 0.1) is 5.41 Å². The van der Waals surface area contributed by atoms with Crippen LogP contribution in [-0.4, -0.2) is 0 Å². The van der Waals surface area contributed by atoms with Crippen molar-refractivity contribution >= 4 is 17.1 Å². The van der Waals surface area contributed by atoms with E-state index in [1.807, 2.05) is 0 Å². The molecule has 0 spiro atoms. The van der Waals surface area contributed by atoms with Gasteiger partial charge in [-0.05, 0) is 169 Å². The van der Waals surface area contributed by atoms with Crippen LogP contribution in [0.5, 0.6) is 5.75 Å². The Kier molecular flexibility index (Phi) is 12.1. The van der Waals surface area contributed by atoms with E-state index in [4.69, 9.17) is 4.74 Å². The van der Waals surface area contributed by atoms with Gasteiger partial charge in [0.2, 0.25) is 0 Å². The minimum absolute atomic E-state index is 0.0305. The van der Waals surface area contributed by atoms with Crippen molar-refractivity contribution in [2.24, 2.45) is 0 Å². The fourth-order valence-corrected chi connectivity index (χ4v) is 11.4. The van der Waals surface area contributed by atoms with E-state index >= 15 is 0 Å². The van der Waals surface area contributed by atoms with Crippen LogP contribution in [0, 0.1) is 0 Å². The zero-order chi connectivity index (χ0) is 47.8. The molecular weight excluding hydrogens is 847 g/mol. The van der Waals surface area contributed by atoms with E-state index in [0.29, 0.717) is 18.4 Å². The number of hydrogen-bond acceptors (Lipinski definition) is 2. The summed E-state index contributed by atoms with van der Waals surface area (Å²) in [4.78, 5) is 2.37. The lowest BCUT2D eigenvalue weighted by atomic mass is 9.67. The van der Waals surface area contributed by atoms with E-state index < -0.39 is 5.41 Å². The Morgan fingerprint density at radius 2 is 1.10 bits per heavy atom. The average molecular weight is 910 g/mol. The zero-order valence-electron chi connectivity index (χ0n) is 41.3. The lowest BCUT2D eigenvalue weighted by molar-refractivity contribution is 0.306. The molecule has 0 saturated carbocycles. The van der Waals surface area contributed by atoms with Crippen LogP contribution in [0.1, 0.15) is 115 Å². The molecule has 11 rings (SSSR count). The molecule has 0 aromatic heterocycles. The molecule has 0 aliphatic heterocycles. The van der Waals surface area contributed by atoms with Gasteiger partial charge >= 0.3 is 0 Å². The summed E-state index contributed by atoms with van der Waals surface area (Å²) < 4.78 is 6.58. The molecule has 0 fully saturated rings. The molecule has 3 atom stereocenters. The van der Waals surface area contributed by atoms with Gasteiger partial charge in [0.1, 0.15) is 12.4 Å². The van der Waals surface area contributed by atoms with Crippen molar-refractivity contribution in [1.29, 1.82) is 0 Å². The summed E-state index contributed by atoms with van der Waals surface area (Å²) >= 11 is 0. The van der Waals surface area contributed by atoms with Gasteiger partial charge in [-0.1, -0.05) is 204 Å². The Morgan fingerprint density at radius 3 is 1.71 bits per heavy atom. The van der Waals surface area contributed by atoms with Gasteiger partial charge in [-0.15, -0.1) is 0 Å². The maximum Gasteiger partial charge on any atom is 0.119 e. The van der Waals surface area contributed by atoms with Crippen molar-refractivity contribution < 1.29 is 4.74 Å². The van der Waals surface area contributed by atoms with E-state index in [2.05, 4.69) is 258 Å². The molecule has 0 heterocycles. The van der Waals surface area contributed by atoms with Crippen molar-refractivity contribution in [3.63, 3.8) is 0 Å². The highest BCUT2D eigenvalue weighted by Crippen LogP contribution is 2.57. The van der Waals surface area contributed by atoms with Crippen LogP contribution >= 0.6 is 0 Å². The molecule has 2 heteroatoms. The number of benzene rings is 9. The van der Waals surface area contributed by atoms with Crippen molar-refractivity contribution in [1.82, 2.24) is 0 Å². The summed E-state index contributed by atoms with van der Waals surface area (Å²) in [5, 5.41) is 0. The van der Waals surface area contributed by atoms with Crippen LogP contribution in [0.4, 0.5) is 17.1 Å². The zero-order valence-corrected chi connectivity index (χ0v) is 41.3. The van der Waals surface area contributed by atoms with Gasteiger partial charge in [-0.2, -0.15) is 0 Å². The van der Waals surface area contributed by atoms with Crippen LogP contribution in [0.3, 0.4) is 0 Å². The predicted octanol–water partition coefficient (Wildman–Crippen LogP) is 17.8. The van der Waals surface area contributed by atoms with Crippen molar-refractivity contribution in [3.8, 4) is 28.0 Å². The quantitative estimate of drug-likeness (QED) is 0.108. The van der Waals surface area contributed by atoms with Crippen molar-refractivity contribution in [2.75, 3.05) is 4.90 Å².